The quantitative estimate of drug-likeness (QED) is 0.715. The fourth-order valence-electron chi connectivity index (χ4n) is 2.43. The van der Waals surface area contributed by atoms with Gasteiger partial charge in [0, 0.05) is 23.1 Å². The van der Waals surface area contributed by atoms with Crippen molar-refractivity contribution in [2.24, 2.45) is 0 Å². The molecule has 0 aliphatic carbocycles. The number of nitrogens with one attached hydrogen (secondary N) is 1. The molecule has 0 radical (unpaired) electrons. The van der Waals surface area contributed by atoms with Gasteiger partial charge in [0.1, 0.15) is 6.61 Å². The summed E-state index contributed by atoms with van der Waals surface area (Å²) >= 11 is 3.58. The van der Waals surface area contributed by atoms with Gasteiger partial charge in [0.25, 0.3) is 0 Å². The highest BCUT2D eigenvalue weighted by Crippen LogP contribution is 2.36. The number of hydrogen-bond donors (Lipinski definition) is 2. The fraction of sp³-hybridized carbons (Fsp3) is 0.368. The summed E-state index contributed by atoms with van der Waals surface area (Å²) in [5, 5.41) is 12.6. The van der Waals surface area contributed by atoms with Crippen LogP contribution in [0, 0.1) is 6.92 Å². The standard InChI is InChI=1S/C19H24BrNO3/c1-13-5-4-6-15(9-13)12-24-19-16(11-21-10-14(2)22)17(20)7-8-18(19)23-3/h4-9,14,21-22H,10-12H2,1-3H3. The molecule has 5 heteroatoms. The van der Waals surface area contributed by atoms with Gasteiger partial charge in [-0.2, -0.15) is 0 Å². The molecule has 0 amide bonds. The fourth-order valence-corrected chi connectivity index (χ4v) is 2.88. The Bertz CT molecular complexity index is 674. The molecule has 0 aliphatic heterocycles. The third-order valence-electron chi connectivity index (χ3n) is 3.59. The van der Waals surface area contributed by atoms with Gasteiger partial charge in [-0.25, -0.2) is 0 Å². The van der Waals surface area contributed by atoms with Crippen LogP contribution >= 0.6 is 15.9 Å². The molecule has 2 N–H and O–H groups in total. The minimum Gasteiger partial charge on any atom is -0.493 e. The summed E-state index contributed by atoms with van der Waals surface area (Å²) in [5.41, 5.74) is 3.29. The number of rotatable bonds is 8. The Morgan fingerprint density at radius 1 is 1.25 bits per heavy atom. The molecule has 1 atom stereocenters. The van der Waals surface area contributed by atoms with E-state index in [1.54, 1.807) is 14.0 Å². The first-order valence-electron chi connectivity index (χ1n) is 7.93. The van der Waals surface area contributed by atoms with Gasteiger partial charge in [-0.3, -0.25) is 0 Å². The lowest BCUT2D eigenvalue weighted by Gasteiger charge is -2.17. The topological polar surface area (TPSA) is 50.7 Å². The van der Waals surface area contributed by atoms with Crippen LogP contribution in [0.3, 0.4) is 0 Å². The Balaban J connectivity index is 2.20. The lowest BCUT2D eigenvalue weighted by Crippen LogP contribution is -2.24. The second-order valence-corrected chi connectivity index (χ2v) is 6.67. The van der Waals surface area contributed by atoms with Crippen molar-refractivity contribution < 1.29 is 14.6 Å². The van der Waals surface area contributed by atoms with Crippen molar-refractivity contribution in [1.82, 2.24) is 5.32 Å². The van der Waals surface area contributed by atoms with Crippen molar-refractivity contribution in [1.29, 1.82) is 0 Å². The second-order valence-electron chi connectivity index (χ2n) is 5.81. The molecule has 0 aromatic heterocycles. The van der Waals surface area contributed by atoms with E-state index in [1.807, 2.05) is 24.3 Å². The molecule has 0 bridgehead atoms. The highest BCUT2D eigenvalue weighted by molar-refractivity contribution is 9.10. The average molecular weight is 394 g/mol. The number of halogens is 1. The van der Waals surface area contributed by atoms with Crippen molar-refractivity contribution in [3.63, 3.8) is 0 Å². The second kappa shape index (κ2) is 9.06. The first kappa shape index (κ1) is 18.8. The summed E-state index contributed by atoms with van der Waals surface area (Å²) in [6.07, 6.45) is -0.397. The highest BCUT2D eigenvalue weighted by Gasteiger charge is 2.15. The van der Waals surface area contributed by atoms with E-state index in [2.05, 4.69) is 40.3 Å². The molecule has 2 aromatic rings. The molecular formula is C19H24BrNO3. The molecule has 130 valence electrons. The average Bonchev–Trinajstić information content (AvgIpc) is 2.54. The Morgan fingerprint density at radius 3 is 2.71 bits per heavy atom. The van der Waals surface area contributed by atoms with Crippen LogP contribution in [0.25, 0.3) is 0 Å². The molecule has 24 heavy (non-hydrogen) atoms. The number of benzene rings is 2. The number of aliphatic hydroxyl groups is 1. The molecule has 0 saturated carbocycles. The first-order chi connectivity index (χ1) is 11.5. The van der Waals surface area contributed by atoms with Crippen molar-refractivity contribution in [2.45, 2.75) is 33.1 Å². The minimum absolute atomic E-state index is 0.397. The summed E-state index contributed by atoms with van der Waals surface area (Å²) in [6, 6.07) is 12.1. The summed E-state index contributed by atoms with van der Waals surface area (Å²) in [6.45, 7) is 5.38. The predicted molar refractivity (Wildman–Crippen MR) is 99.6 cm³/mol. The van der Waals surface area contributed by atoms with Gasteiger partial charge in [0.05, 0.1) is 13.2 Å². The first-order valence-corrected chi connectivity index (χ1v) is 8.73. The van der Waals surface area contributed by atoms with Crippen LogP contribution in [-0.4, -0.2) is 24.9 Å². The Labute approximate surface area is 151 Å². The molecule has 0 spiro atoms. The van der Waals surface area contributed by atoms with Crippen molar-refractivity contribution in [3.05, 3.63) is 57.6 Å². The van der Waals surface area contributed by atoms with Crippen LogP contribution in [-0.2, 0) is 13.2 Å². The van der Waals surface area contributed by atoms with Crippen LogP contribution in [0.15, 0.2) is 40.9 Å². The number of aliphatic hydroxyl groups excluding tert-OH is 1. The Hall–Kier alpha value is -1.56. The zero-order chi connectivity index (χ0) is 17.5. The van der Waals surface area contributed by atoms with E-state index >= 15 is 0 Å². The third kappa shape index (κ3) is 5.23. The van der Waals surface area contributed by atoms with Gasteiger partial charge in [-0.1, -0.05) is 45.8 Å². The number of aryl methyl sites for hydroxylation is 1. The van der Waals surface area contributed by atoms with E-state index < -0.39 is 6.10 Å². The van der Waals surface area contributed by atoms with Crippen LogP contribution in [0.2, 0.25) is 0 Å². The Kier molecular flexibility index (Phi) is 7.09. The van der Waals surface area contributed by atoms with Gasteiger partial charge in [0.15, 0.2) is 11.5 Å². The largest absolute Gasteiger partial charge is 0.493 e. The molecular weight excluding hydrogens is 370 g/mol. The molecule has 0 saturated heterocycles. The number of ether oxygens (including phenoxy) is 2. The molecule has 0 fully saturated rings. The minimum atomic E-state index is -0.397. The highest BCUT2D eigenvalue weighted by atomic mass is 79.9. The maximum absolute atomic E-state index is 9.42. The molecule has 1 unspecified atom stereocenters. The van der Waals surface area contributed by atoms with E-state index in [-0.39, 0.29) is 0 Å². The maximum atomic E-state index is 9.42. The molecule has 0 aliphatic rings. The SMILES string of the molecule is COc1ccc(Br)c(CNCC(C)O)c1OCc1cccc(C)c1. The lowest BCUT2D eigenvalue weighted by molar-refractivity contribution is 0.190. The van der Waals surface area contributed by atoms with E-state index in [9.17, 15) is 5.11 Å². The van der Waals surface area contributed by atoms with E-state index in [4.69, 9.17) is 9.47 Å². The van der Waals surface area contributed by atoms with E-state index in [0.29, 0.717) is 31.2 Å². The third-order valence-corrected chi connectivity index (χ3v) is 4.34. The Morgan fingerprint density at radius 2 is 2.04 bits per heavy atom. The van der Waals surface area contributed by atoms with Gasteiger partial charge >= 0.3 is 0 Å². The van der Waals surface area contributed by atoms with Gasteiger partial charge in [-0.15, -0.1) is 0 Å². The molecule has 2 aromatic carbocycles. The van der Waals surface area contributed by atoms with Crippen molar-refractivity contribution >= 4 is 15.9 Å². The zero-order valence-electron chi connectivity index (χ0n) is 14.3. The number of methoxy groups -OCH3 is 1. The van der Waals surface area contributed by atoms with Gasteiger partial charge in [0.2, 0.25) is 0 Å². The summed E-state index contributed by atoms with van der Waals surface area (Å²) in [7, 11) is 1.63. The molecule has 2 rings (SSSR count). The lowest BCUT2D eigenvalue weighted by atomic mass is 10.1. The zero-order valence-corrected chi connectivity index (χ0v) is 15.9. The van der Waals surface area contributed by atoms with Crippen LogP contribution in [0.4, 0.5) is 0 Å². The van der Waals surface area contributed by atoms with Crippen LogP contribution in [0.5, 0.6) is 11.5 Å². The monoisotopic (exact) mass is 393 g/mol. The van der Waals surface area contributed by atoms with Gasteiger partial charge in [-0.05, 0) is 31.5 Å². The summed E-state index contributed by atoms with van der Waals surface area (Å²) in [5.74, 6) is 1.41. The van der Waals surface area contributed by atoms with Crippen LogP contribution in [0.1, 0.15) is 23.6 Å². The molecule has 4 nitrogen and oxygen atoms in total. The van der Waals surface area contributed by atoms with Crippen LogP contribution < -0.4 is 14.8 Å². The maximum Gasteiger partial charge on any atom is 0.167 e. The normalized spacial score (nSPS) is 12.0. The summed E-state index contributed by atoms with van der Waals surface area (Å²) < 4.78 is 12.5. The van der Waals surface area contributed by atoms with Crippen molar-refractivity contribution in [3.8, 4) is 11.5 Å². The van der Waals surface area contributed by atoms with Crippen molar-refractivity contribution in [2.75, 3.05) is 13.7 Å². The number of hydrogen-bond acceptors (Lipinski definition) is 4. The molecule has 0 heterocycles. The predicted octanol–water partition coefficient (Wildman–Crippen LogP) is 3.82. The smallest absolute Gasteiger partial charge is 0.167 e. The van der Waals surface area contributed by atoms with E-state index in [0.717, 1.165) is 15.6 Å². The van der Waals surface area contributed by atoms with Gasteiger partial charge < -0.3 is 19.9 Å². The summed E-state index contributed by atoms with van der Waals surface area (Å²) in [4.78, 5) is 0. The van der Waals surface area contributed by atoms with E-state index in [1.165, 1.54) is 5.56 Å².